The fraction of sp³-hybridized carbons (Fsp3) is 0.375. The summed E-state index contributed by atoms with van der Waals surface area (Å²) < 4.78 is 3.72. The Bertz CT molecular complexity index is 692. The van der Waals surface area contributed by atoms with Crippen LogP contribution in [0.1, 0.15) is 36.8 Å². The van der Waals surface area contributed by atoms with E-state index in [9.17, 15) is 9.59 Å². The molecule has 0 spiro atoms. The maximum Gasteiger partial charge on any atom is 0.280 e. The van der Waals surface area contributed by atoms with Crippen LogP contribution in [-0.4, -0.2) is 33.5 Å². The third kappa shape index (κ3) is 4.59. The van der Waals surface area contributed by atoms with E-state index in [2.05, 4.69) is 14.9 Å². The van der Waals surface area contributed by atoms with Crippen molar-refractivity contribution in [3.63, 3.8) is 0 Å². The van der Waals surface area contributed by atoms with Gasteiger partial charge in [-0.25, -0.2) is 0 Å². The Balaban J connectivity index is 2.31. The first-order valence-corrected chi connectivity index (χ1v) is 8.07. The number of aryl methyl sites for hydroxylation is 1. The minimum absolute atomic E-state index is 0.0709. The van der Waals surface area contributed by atoms with E-state index in [1.807, 2.05) is 52.0 Å². The normalized spacial score (nSPS) is 11.1. The zero-order chi connectivity index (χ0) is 17.0. The topological polar surface area (TPSA) is 75.2 Å². The second-order valence-electron chi connectivity index (χ2n) is 6.27. The molecule has 0 bridgehead atoms. The van der Waals surface area contributed by atoms with Crippen molar-refractivity contribution in [2.24, 2.45) is 0 Å². The van der Waals surface area contributed by atoms with Gasteiger partial charge in [0, 0.05) is 16.6 Å². The molecule has 2 amide bonds. The second-order valence-corrected chi connectivity index (χ2v) is 6.88. The lowest BCUT2D eigenvalue weighted by Gasteiger charge is -2.26. The van der Waals surface area contributed by atoms with Gasteiger partial charge < -0.3 is 5.32 Å². The maximum absolute atomic E-state index is 12.7. The number of para-hydroxylation sites is 1. The summed E-state index contributed by atoms with van der Waals surface area (Å²) >= 11 is 1.10. The molecule has 2 rings (SSSR count). The Morgan fingerprint density at radius 1 is 1.26 bits per heavy atom. The molecule has 0 radical (unpaired) electrons. The molecule has 0 atom stereocenters. The van der Waals surface area contributed by atoms with Crippen molar-refractivity contribution in [1.29, 1.82) is 0 Å². The van der Waals surface area contributed by atoms with E-state index in [0.29, 0.717) is 5.69 Å². The van der Waals surface area contributed by atoms with Gasteiger partial charge in [-0.05, 0) is 50.9 Å². The minimum atomic E-state index is -0.361. The number of rotatable bonds is 4. The highest BCUT2D eigenvalue weighted by atomic mass is 32.1. The molecule has 1 N–H and O–H groups in total. The van der Waals surface area contributed by atoms with Crippen LogP contribution < -0.4 is 10.2 Å². The van der Waals surface area contributed by atoms with Crippen LogP contribution in [0, 0.1) is 6.92 Å². The Morgan fingerprint density at radius 3 is 2.52 bits per heavy atom. The first-order valence-electron chi connectivity index (χ1n) is 7.23. The molecule has 0 aliphatic carbocycles. The molecular formula is C16H20N4O2S. The Labute approximate surface area is 139 Å². The van der Waals surface area contributed by atoms with Crippen molar-refractivity contribution in [3.8, 4) is 0 Å². The van der Waals surface area contributed by atoms with E-state index in [1.165, 1.54) is 4.90 Å². The zero-order valence-electron chi connectivity index (χ0n) is 13.7. The molecular weight excluding hydrogens is 312 g/mol. The van der Waals surface area contributed by atoms with Crippen LogP contribution in [0.2, 0.25) is 0 Å². The number of amides is 2. The molecule has 1 heterocycles. The molecule has 0 aliphatic rings. The number of benzene rings is 1. The summed E-state index contributed by atoms with van der Waals surface area (Å²) in [5.74, 6) is -0.561. The van der Waals surface area contributed by atoms with Gasteiger partial charge in [0.2, 0.25) is 5.91 Å². The zero-order valence-corrected chi connectivity index (χ0v) is 14.5. The first kappa shape index (κ1) is 17.1. The van der Waals surface area contributed by atoms with Crippen LogP contribution in [0.4, 0.5) is 5.69 Å². The number of nitrogens with one attached hydrogen (secondary N) is 1. The van der Waals surface area contributed by atoms with E-state index in [1.54, 1.807) is 5.38 Å². The van der Waals surface area contributed by atoms with Gasteiger partial charge in [0.25, 0.3) is 5.91 Å². The SMILES string of the molecule is Cc1ccccc1N(CC(=O)NC(C)(C)C)C(=O)c1csnn1. The van der Waals surface area contributed by atoms with Crippen LogP contribution in [0.25, 0.3) is 0 Å². The monoisotopic (exact) mass is 332 g/mol. The number of anilines is 1. The quantitative estimate of drug-likeness (QED) is 0.933. The Kier molecular flexibility index (Phi) is 5.10. The van der Waals surface area contributed by atoms with E-state index < -0.39 is 0 Å². The fourth-order valence-corrected chi connectivity index (χ4v) is 2.56. The molecule has 1 aromatic carbocycles. The van der Waals surface area contributed by atoms with E-state index >= 15 is 0 Å². The molecule has 0 saturated heterocycles. The second kappa shape index (κ2) is 6.87. The average molecular weight is 332 g/mol. The summed E-state index contributed by atoms with van der Waals surface area (Å²) in [7, 11) is 0. The van der Waals surface area contributed by atoms with Gasteiger partial charge in [0.15, 0.2) is 5.69 Å². The standard InChI is InChI=1S/C16H20N4O2S/c1-11-7-5-6-8-13(11)20(9-14(21)17-16(2,3)4)15(22)12-10-23-19-18-12/h5-8,10H,9H2,1-4H3,(H,17,21). The van der Waals surface area contributed by atoms with E-state index in [4.69, 9.17) is 0 Å². The van der Waals surface area contributed by atoms with Crippen molar-refractivity contribution < 1.29 is 9.59 Å². The molecule has 0 saturated carbocycles. The van der Waals surface area contributed by atoms with Gasteiger partial charge in [-0.2, -0.15) is 0 Å². The summed E-state index contributed by atoms with van der Waals surface area (Å²) in [6, 6.07) is 7.44. The number of nitrogens with zero attached hydrogens (tertiary/aromatic N) is 3. The molecule has 23 heavy (non-hydrogen) atoms. The largest absolute Gasteiger partial charge is 0.350 e. The van der Waals surface area contributed by atoms with Crippen LogP contribution >= 0.6 is 11.5 Å². The lowest BCUT2D eigenvalue weighted by atomic mass is 10.1. The highest BCUT2D eigenvalue weighted by Crippen LogP contribution is 2.21. The highest BCUT2D eigenvalue weighted by molar-refractivity contribution is 7.03. The molecule has 0 aliphatic heterocycles. The number of hydrogen-bond donors (Lipinski definition) is 1. The molecule has 0 fully saturated rings. The number of aromatic nitrogens is 2. The first-order chi connectivity index (χ1) is 10.8. The summed E-state index contributed by atoms with van der Waals surface area (Å²) in [6.45, 7) is 7.52. The van der Waals surface area contributed by atoms with E-state index in [0.717, 1.165) is 17.1 Å². The minimum Gasteiger partial charge on any atom is -0.350 e. The van der Waals surface area contributed by atoms with Gasteiger partial charge in [0.05, 0.1) is 0 Å². The van der Waals surface area contributed by atoms with E-state index in [-0.39, 0.29) is 29.6 Å². The molecule has 6 nitrogen and oxygen atoms in total. The van der Waals surface area contributed by atoms with Crippen molar-refractivity contribution in [1.82, 2.24) is 14.9 Å². The van der Waals surface area contributed by atoms with Gasteiger partial charge in [-0.3, -0.25) is 14.5 Å². The summed E-state index contributed by atoms with van der Waals surface area (Å²) in [4.78, 5) is 26.4. The lowest BCUT2D eigenvalue weighted by molar-refractivity contribution is -0.121. The van der Waals surface area contributed by atoms with Crippen LogP contribution in [0.15, 0.2) is 29.6 Å². The fourth-order valence-electron chi connectivity index (χ4n) is 2.13. The summed E-state index contributed by atoms with van der Waals surface area (Å²) in [6.07, 6.45) is 0. The molecule has 1 aromatic heterocycles. The third-order valence-corrected chi connectivity index (χ3v) is 3.55. The Morgan fingerprint density at radius 2 is 1.96 bits per heavy atom. The van der Waals surface area contributed by atoms with Gasteiger partial charge in [-0.1, -0.05) is 22.7 Å². The predicted molar refractivity (Wildman–Crippen MR) is 90.7 cm³/mol. The molecule has 7 heteroatoms. The maximum atomic E-state index is 12.7. The van der Waals surface area contributed by atoms with Crippen LogP contribution in [0.3, 0.4) is 0 Å². The lowest BCUT2D eigenvalue weighted by Crippen LogP contribution is -2.47. The summed E-state index contributed by atoms with van der Waals surface area (Å²) in [5, 5.41) is 8.27. The Hall–Kier alpha value is -2.28. The molecule has 2 aromatic rings. The average Bonchev–Trinajstić information content (AvgIpc) is 2.97. The number of carbonyl (C=O) groups is 2. The van der Waals surface area contributed by atoms with Crippen molar-refractivity contribution >= 4 is 29.0 Å². The molecule has 0 unspecified atom stereocenters. The van der Waals surface area contributed by atoms with Gasteiger partial charge in [0.1, 0.15) is 6.54 Å². The number of hydrogen-bond acceptors (Lipinski definition) is 5. The summed E-state index contributed by atoms with van der Waals surface area (Å²) in [5.41, 5.74) is 1.48. The highest BCUT2D eigenvalue weighted by Gasteiger charge is 2.25. The smallest absolute Gasteiger partial charge is 0.280 e. The van der Waals surface area contributed by atoms with Crippen LogP contribution in [0.5, 0.6) is 0 Å². The van der Waals surface area contributed by atoms with Crippen molar-refractivity contribution in [3.05, 3.63) is 40.9 Å². The van der Waals surface area contributed by atoms with Crippen LogP contribution in [-0.2, 0) is 4.79 Å². The number of carbonyl (C=O) groups excluding carboxylic acids is 2. The predicted octanol–water partition coefficient (Wildman–Crippen LogP) is 2.41. The van der Waals surface area contributed by atoms with Gasteiger partial charge >= 0.3 is 0 Å². The van der Waals surface area contributed by atoms with Crippen molar-refractivity contribution in [2.75, 3.05) is 11.4 Å². The third-order valence-electron chi connectivity index (χ3n) is 3.05. The molecule has 122 valence electrons. The van der Waals surface area contributed by atoms with Crippen molar-refractivity contribution in [2.45, 2.75) is 33.2 Å². The van der Waals surface area contributed by atoms with Gasteiger partial charge in [-0.15, -0.1) is 5.10 Å².